The van der Waals surface area contributed by atoms with Crippen molar-refractivity contribution in [3.63, 3.8) is 0 Å². The van der Waals surface area contributed by atoms with E-state index in [2.05, 4.69) is 6.07 Å². The number of pyridine rings is 1. The molecule has 0 fully saturated rings. The number of hydrogen-bond acceptors (Lipinski definition) is 2. The van der Waals surface area contributed by atoms with Gasteiger partial charge in [0.2, 0.25) is 6.20 Å². The minimum Gasteiger partial charge on any atom is -0.436 e. The van der Waals surface area contributed by atoms with Crippen LogP contribution in [0, 0.1) is 6.92 Å². The van der Waals surface area contributed by atoms with Gasteiger partial charge in [-0.25, -0.2) is 0 Å². The largest absolute Gasteiger partial charge is 0.436 e. The molecule has 0 saturated carbocycles. The zero-order valence-corrected chi connectivity index (χ0v) is 9.13. The van der Waals surface area contributed by atoms with Crippen molar-refractivity contribution >= 4 is 0 Å². The molecule has 0 spiro atoms. The molecular formula is C13H14NO2+. The SMILES string of the molecule is Cc1cccc(COc2cccc[n+]2O)c1. The van der Waals surface area contributed by atoms with E-state index in [0.717, 1.165) is 10.3 Å². The van der Waals surface area contributed by atoms with Crippen molar-refractivity contribution in [2.75, 3.05) is 0 Å². The monoisotopic (exact) mass is 216 g/mol. The van der Waals surface area contributed by atoms with Gasteiger partial charge in [0.05, 0.1) is 6.07 Å². The molecule has 0 radical (unpaired) electrons. The van der Waals surface area contributed by atoms with Gasteiger partial charge in [-0.1, -0.05) is 29.8 Å². The Kier molecular flexibility index (Phi) is 3.05. The van der Waals surface area contributed by atoms with Crippen LogP contribution >= 0.6 is 0 Å². The lowest BCUT2D eigenvalue weighted by molar-refractivity contribution is -0.906. The Bertz CT molecular complexity index is 483. The summed E-state index contributed by atoms with van der Waals surface area (Å²) in [5.74, 6) is 0.434. The number of aryl methyl sites for hydroxylation is 1. The minimum atomic E-state index is 0.434. The molecule has 16 heavy (non-hydrogen) atoms. The molecule has 1 aromatic carbocycles. The second-order valence-electron chi connectivity index (χ2n) is 3.66. The van der Waals surface area contributed by atoms with E-state index in [1.807, 2.05) is 31.2 Å². The van der Waals surface area contributed by atoms with Gasteiger partial charge in [-0.2, -0.15) is 0 Å². The third kappa shape index (κ3) is 2.51. The fraction of sp³-hybridized carbons (Fsp3) is 0.154. The Balaban J connectivity index is 2.05. The van der Waals surface area contributed by atoms with Crippen molar-refractivity contribution in [1.82, 2.24) is 0 Å². The molecule has 0 atom stereocenters. The summed E-state index contributed by atoms with van der Waals surface area (Å²) < 4.78 is 6.46. The second kappa shape index (κ2) is 4.66. The maximum atomic E-state index is 9.43. The number of benzene rings is 1. The first kappa shape index (κ1) is 10.5. The Hall–Kier alpha value is -2.03. The van der Waals surface area contributed by atoms with Gasteiger partial charge in [0, 0.05) is 10.8 Å². The fourth-order valence-electron chi connectivity index (χ4n) is 1.49. The molecule has 0 amide bonds. The van der Waals surface area contributed by atoms with Gasteiger partial charge in [0.1, 0.15) is 6.61 Å². The summed E-state index contributed by atoms with van der Waals surface area (Å²) in [7, 11) is 0. The lowest BCUT2D eigenvalue weighted by Gasteiger charge is -2.03. The van der Waals surface area contributed by atoms with Crippen LogP contribution in [0.4, 0.5) is 0 Å². The standard InChI is InChI=1S/C13H14NO2/c1-11-5-4-6-12(9-11)10-16-13-7-2-3-8-14(13)15/h2-9,15H,10H2,1H3/q+1. The Morgan fingerprint density at radius 1 is 1.19 bits per heavy atom. The number of rotatable bonds is 3. The van der Waals surface area contributed by atoms with Crippen molar-refractivity contribution in [3.8, 4) is 5.88 Å². The molecule has 0 aliphatic rings. The zero-order chi connectivity index (χ0) is 11.4. The normalized spacial score (nSPS) is 10.1. The van der Waals surface area contributed by atoms with E-state index >= 15 is 0 Å². The van der Waals surface area contributed by atoms with Crippen molar-refractivity contribution in [3.05, 3.63) is 59.8 Å². The molecule has 0 aliphatic heterocycles. The predicted octanol–water partition coefficient (Wildman–Crippen LogP) is 2.10. The van der Waals surface area contributed by atoms with E-state index in [1.54, 1.807) is 12.1 Å². The van der Waals surface area contributed by atoms with E-state index in [4.69, 9.17) is 4.74 Å². The second-order valence-corrected chi connectivity index (χ2v) is 3.66. The number of hydrogen-bond donors (Lipinski definition) is 1. The Morgan fingerprint density at radius 3 is 2.81 bits per heavy atom. The third-order valence-corrected chi connectivity index (χ3v) is 2.27. The number of ether oxygens (including phenoxy) is 1. The topological polar surface area (TPSA) is 33.3 Å². The lowest BCUT2D eigenvalue weighted by Crippen LogP contribution is -2.31. The summed E-state index contributed by atoms with van der Waals surface area (Å²) in [6, 6.07) is 13.4. The maximum absolute atomic E-state index is 9.43. The van der Waals surface area contributed by atoms with Crippen LogP contribution in [0.15, 0.2) is 48.7 Å². The highest BCUT2D eigenvalue weighted by molar-refractivity contribution is 5.21. The van der Waals surface area contributed by atoms with Crippen LogP contribution in [0.25, 0.3) is 0 Å². The highest BCUT2D eigenvalue weighted by atomic mass is 16.5. The molecule has 0 bridgehead atoms. The van der Waals surface area contributed by atoms with E-state index in [-0.39, 0.29) is 0 Å². The van der Waals surface area contributed by atoms with Crippen molar-refractivity contribution in [2.24, 2.45) is 0 Å². The summed E-state index contributed by atoms with van der Waals surface area (Å²) in [6.45, 7) is 2.49. The predicted molar refractivity (Wildman–Crippen MR) is 59.3 cm³/mol. The molecule has 1 heterocycles. The smallest absolute Gasteiger partial charge is 0.417 e. The molecule has 1 aromatic heterocycles. The van der Waals surface area contributed by atoms with Crippen LogP contribution in [-0.4, -0.2) is 5.21 Å². The minimum absolute atomic E-state index is 0.434. The van der Waals surface area contributed by atoms with E-state index in [1.165, 1.54) is 11.8 Å². The summed E-state index contributed by atoms with van der Waals surface area (Å²) in [6.07, 6.45) is 1.53. The number of nitrogens with zero attached hydrogens (tertiary/aromatic N) is 1. The van der Waals surface area contributed by atoms with Gasteiger partial charge >= 0.3 is 5.88 Å². The molecule has 0 unspecified atom stereocenters. The summed E-state index contributed by atoms with van der Waals surface area (Å²) >= 11 is 0. The van der Waals surface area contributed by atoms with Crippen LogP contribution in [-0.2, 0) is 6.61 Å². The van der Waals surface area contributed by atoms with E-state index in [0.29, 0.717) is 12.5 Å². The quantitative estimate of drug-likeness (QED) is 0.629. The summed E-state index contributed by atoms with van der Waals surface area (Å²) in [5.41, 5.74) is 2.29. The first-order valence-electron chi connectivity index (χ1n) is 5.14. The molecule has 0 saturated heterocycles. The molecule has 2 rings (SSSR count). The molecule has 0 aliphatic carbocycles. The van der Waals surface area contributed by atoms with Gasteiger partial charge in [-0.05, 0) is 18.6 Å². The maximum Gasteiger partial charge on any atom is 0.417 e. The van der Waals surface area contributed by atoms with Crippen molar-refractivity contribution in [1.29, 1.82) is 0 Å². The third-order valence-electron chi connectivity index (χ3n) is 2.27. The first-order valence-corrected chi connectivity index (χ1v) is 5.14. The van der Waals surface area contributed by atoms with Crippen LogP contribution < -0.4 is 9.47 Å². The molecule has 3 nitrogen and oxygen atoms in total. The van der Waals surface area contributed by atoms with Gasteiger partial charge in [-0.3, -0.25) is 5.21 Å². The van der Waals surface area contributed by atoms with Crippen LogP contribution in [0.2, 0.25) is 0 Å². The Morgan fingerprint density at radius 2 is 2.06 bits per heavy atom. The molecule has 2 aromatic rings. The zero-order valence-electron chi connectivity index (χ0n) is 9.13. The van der Waals surface area contributed by atoms with Gasteiger partial charge in [0.25, 0.3) is 0 Å². The fourth-order valence-corrected chi connectivity index (χ4v) is 1.49. The van der Waals surface area contributed by atoms with E-state index in [9.17, 15) is 5.21 Å². The molecule has 82 valence electrons. The van der Waals surface area contributed by atoms with Gasteiger partial charge < -0.3 is 4.74 Å². The van der Waals surface area contributed by atoms with Crippen LogP contribution in [0.1, 0.15) is 11.1 Å². The Labute approximate surface area is 94.5 Å². The number of aromatic nitrogens is 1. The van der Waals surface area contributed by atoms with Crippen LogP contribution in [0.3, 0.4) is 0 Å². The van der Waals surface area contributed by atoms with Gasteiger partial charge in [-0.15, -0.1) is 0 Å². The molecule has 1 N–H and O–H groups in total. The average Bonchev–Trinajstić information content (AvgIpc) is 2.28. The molecule has 3 heteroatoms. The first-order chi connectivity index (χ1) is 7.75. The van der Waals surface area contributed by atoms with Crippen molar-refractivity contribution < 1.29 is 14.7 Å². The summed E-state index contributed by atoms with van der Waals surface area (Å²) in [5, 5.41) is 9.43. The molecular weight excluding hydrogens is 202 g/mol. The lowest BCUT2D eigenvalue weighted by atomic mass is 10.1. The highest BCUT2D eigenvalue weighted by Crippen LogP contribution is 2.08. The van der Waals surface area contributed by atoms with E-state index < -0.39 is 0 Å². The summed E-state index contributed by atoms with van der Waals surface area (Å²) in [4.78, 5) is 0. The average molecular weight is 216 g/mol. The van der Waals surface area contributed by atoms with Gasteiger partial charge in [0.15, 0.2) is 0 Å². The van der Waals surface area contributed by atoms with Crippen LogP contribution in [0.5, 0.6) is 5.88 Å². The highest BCUT2D eigenvalue weighted by Gasteiger charge is 2.08. The van der Waals surface area contributed by atoms with Crippen molar-refractivity contribution in [2.45, 2.75) is 13.5 Å².